The van der Waals surface area contributed by atoms with Crippen LogP contribution in [0.15, 0.2) is 0 Å². The van der Waals surface area contributed by atoms with Crippen LogP contribution in [0.3, 0.4) is 0 Å². The van der Waals surface area contributed by atoms with Crippen LogP contribution in [0.4, 0.5) is 4.79 Å². The largest absolute Gasteiger partial charge is 0.444 e. The standard InChI is InChI=1S/C12H21NO4/c1-12(2,3)17-11(15)13-8-4-10(14)5-9(13)7-16-6-8/h8-10,14H,4-7H2,1-3H3/t8-,9-/m0/s1. The Hall–Kier alpha value is -0.810. The van der Waals surface area contributed by atoms with Crippen LogP contribution in [-0.4, -0.2) is 53.1 Å². The van der Waals surface area contributed by atoms with Gasteiger partial charge in [-0.15, -0.1) is 0 Å². The zero-order valence-electron chi connectivity index (χ0n) is 10.7. The average Bonchev–Trinajstić information content (AvgIpc) is 2.12. The second-order valence-electron chi connectivity index (χ2n) is 5.86. The summed E-state index contributed by atoms with van der Waals surface area (Å²) in [6.45, 7) is 6.56. The molecule has 5 heteroatoms. The maximum Gasteiger partial charge on any atom is 0.410 e. The number of ether oxygens (including phenoxy) is 2. The number of nitrogens with zero attached hydrogens (tertiary/aromatic N) is 1. The maximum absolute atomic E-state index is 12.1. The number of piperidine rings is 1. The third kappa shape index (κ3) is 2.90. The van der Waals surface area contributed by atoms with Crippen molar-refractivity contribution in [1.82, 2.24) is 4.90 Å². The van der Waals surface area contributed by atoms with Crippen LogP contribution < -0.4 is 0 Å². The van der Waals surface area contributed by atoms with E-state index in [0.717, 1.165) is 0 Å². The first-order chi connectivity index (χ1) is 7.87. The molecule has 0 aromatic carbocycles. The lowest BCUT2D eigenvalue weighted by atomic mass is 9.92. The smallest absolute Gasteiger partial charge is 0.410 e. The summed E-state index contributed by atoms with van der Waals surface area (Å²) >= 11 is 0. The van der Waals surface area contributed by atoms with E-state index in [-0.39, 0.29) is 24.3 Å². The quantitative estimate of drug-likeness (QED) is 0.693. The molecule has 0 aliphatic carbocycles. The molecule has 0 aromatic heterocycles. The topological polar surface area (TPSA) is 59.0 Å². The molecule has 17 heavy (non-hydrogen) atoms. The number of amides is 1. The van der Waals surface area contributed by atoms with Crippen LogP contribution >= 0.6 is 0 Å². The van der Waals surface area contributed by atoms with E-state index >= 15 is 0 Å². The second-order valence-corrected chi connectivity index (χ2v) is 5.86. The van der Waals surface area contributed by atoms with Crippen LogP contribution in [0.2, 0.25) is 0 Å². The summed E-state index contributed by atoms with van der Waals surface area (Å²) < 4.78 is 10.8. The van der Waals surface area contributed by atoms with E-state index in [0.29, 0.717) is 26.1 Å². The second kappa shape index (κ2) is 4.46. The van der Waals surface area contributed by atoms with Gasteiger partial charge in [-0.3, -0.25) is 4.90 Å². The lowest BCUT2D eigenvalue weighted by molar-refractivity contribution is -0.103. The van der Waals surface area contributed by atoms with Crippen molar-refractivity contribution in [2.75, 3.05) is 13.2 Å². The molecule has 2 fully saturated rings. The molecular weight excluding hydrogens is 222 g/mol. The Balaban J connectivity index is 2.07. The summed E-state index contributed by atoms with van der Waals surface area (Å²) in [5.74, 6) is 0. The van der Waals surface area contributed by atoms with Gasteiger partial charge in [0.25, 0.3) is 0 Å². The predicted octanol–water partition coefficient (Wildman–Crippen LogP) is 1.15. The molecule has 2 heterocycles. The molecule has 2 atom stereocenters. The normalized spacial score (nSPS) is 33.4. The van der Waals surface area contributed by atoms with Crippen molar-refractivity contribution in [3.05, 3.63) is 0 Å². The molecule has 0 saturated carbocycles. The fraction of sp³-hybridized carbons (Fsp3) is 0.917. The molecule has 0 aromatic rings. The fourth-order valence-electron chi connectivity index (χ4n) is 2.50. The number of fused-ring (bicyclic) bond motifs is 2. The van der Waals surface area contributed by atoms with E-state index in [4.69, 9.17) is 9.47 Å². The Morgan fingerprint density at radius 1 is 1.29 bits per heavy atom. The van der Waals surface area contributed by atoms with E-state index in [9.17, 15) is 9.90 Å². The average molecular weight is 243 g/mol. The minimum absolute atomic E-state index is 0.0488. The zero-order valence-corrected chi connectivity index (χ0v) is 10.7. The lowest BCUT2D eigenvalue weighted by Crippen LogP contribution is -2.60. The number of carbonyl (C=O) groups is 1. The summed E-state index contributed by atoms with van der Waals surface area (Å²) in [6.07, 6.45) is 0.543. The van der Waals surface area contributed by atoms with Gasteiger partial charge in [-0.2, -0.15) is 0 Å². The van der Waals surface area contributed by atoms with E-state index in [2.05, 4.69) is 0 Å². The van der Waals surface area contributed by atoms with E-state index in [1.807, 2.05) is 20.8 Å². The molecule has 2 aliphatic heterocycles. The minimum atomic E-state index is -0.484. The molecule has 2 rings (SSSR count). The Bertz CT molecular complexity index is 285. The highest BCUT2D eigenvalue weighted by molar-refractivity contribution is 5.69. The minimum Gasteiger partial charge on any atom is -0.444 e. The van der Waals surface area contributed by atoms with Gasteiger partial charge >= 0.3 is 6.09 Å². The number of hydrogen-bond acceptors (Lipinski definition) is 4. The van der Waals surface area contributed by atoms with Gasteiger partial charge in [-0.1, -0.05) is 0 Å². The number of morpholine rings is 1. The van der Waals surface area contributed by atoms with E-state index in [1.54, 1.807) is 4.90 Å². The summed E-state index contributed by atoms with van der Waals surface area (Å²) in [7, 11) is 0. The molecule has 98 valence electrons. The summed E-state index contributed by atoms with van der Waals surface area (Å²) in [6, 6.07) is -0.0975. The molecular formula is C12H21NO4. The van der Waals surface area contributed by atoms with Crippen molar-refractivity contribution in [2.24, 2.45) is 0 Å². The van der Waals surface area contributed by atoms with Crippen molar-refractivity contribution < 1.29 is 19.4 Å². The van der Waals surface area contributed by atoms with Crippen molar-refractivity contribution in [2.45, 2.75) is 57.4 Å². The Labute approximate surface area is 102 Å². The van der Waals surface area contributed by atoms with Gasteiger partial charge in [-0.25, -0.2) is 4.79 Å². The number of aliphatic hydroxyl groups excluding tert-OH is 1. The number of hydrogen-bond donors (Lipinski definition) is 1. The zero-order chi connectivity index (χ0) is 12.6. The van der Waals surface area contributed by atoms with Crippen molar-refractivity contribution in [1.29, 1.82) is 0 Å². The SMILES string of the molecule is CC(C)(C)OC(=O)N1[C@@H]2COC[C@@H]1CC(O)C2. The molecule has 1 amide bonds. The highest BCUT2D eigenvalue weighted by Crippen LogP contribution is 2.29. The van der Waals surface area contributed by atoms with Gasteiger partial charge < -0.3 is 14.6 Å². The van der Waals surface area contributed by atoms with Crippen molar-refractivity contribution in [3.8, 4) is 0 Å². The van der Waals surface area contributed by atoms with Gasteiger partial charge in [0.15, 0.2) is 0 Å². The molecule has 2 saturated heterocycles. The van der Waals surface area contributed by atoms with Gasteiger partial charge in [0.1, 0.15) is 5.60 Å². The molecule has 1 N–H and O–H groups in total. The molecule has 2 aliphatic rings. The van der Waals surface area contributed by atoms with E-state index < -0.39 is 5.60 Å². The van der Waals surface area contributed by atoms with Crippen LogP contribution in [0, 0.1) is 0 Å². The summed E-state index contributed by atoms with van der Waals surface area (Å²) in [4.78, 5) is 13.9. The lowest BCUT2D eigenvalue weighted by Gasteiger charge is -2.47. The van der Waals surface area contributed by atoms with Crippen LogP contribution in [0.5, 0.6) is 0 Å². The van der Waals surface area contributed by atoms with E-state index in [1.165, 1.54) is 0 Å². The van der Waals surface area contributed by atoms with Gasteiger partial charge in [0.2, 0.25) is 0 Å². The first-order valence-electron chi connectivity index (χ1n) is 6.14. The van der Waals surface area contributed by atoms with Gasteiger partial charge in [-0.05, 0) is 33.6 Å². The molecule has 0 radical (unpaired) electrons. The Morgan fingerprint density at radius 3 is 2.29 bits per heavy atom. The van der Waals surface area contributed by atoms with Crippen LogP contribution in [-0.2, 0) is 9.47 Å². The first-order valence-corrected chi connectivity index (χ1v) is 6.14. The highest BCUT2D eigenvalue weighted by Gasteiger charge is 2.42. The number of rotatable bonds is 0. The summed E-state index contributed by atoms with van der Waals surface area (Å²) in [5, 5.41) is 9.71. The van der Waals surface area contributed by atoms with Crippen molar-refractivity contribution >= 4 is 6.09 Å². The summed E-state index contributed by atoms with van der Waals surface area (Å²) in [5.41, 5.74) is -0.484. The Kier molecular flexibility index (Phi) is 3.32. The van der Waals surface area contributed by atoms with Gasteiger partial charge in [0, 0.05) is 0 Å². The molecule has 5 nitrogen and oxygen atoms in total. The highest BCUT2D eigenvalue weighted by atomic mass is 16.6. The monoisotopic (exact) mass is 243 g/mol. The van der Waals surface area contributed by atoms with Crippen molar-refractivity contribution in [3.63, 3.8) is 0 Å². The maximum atomic E-state index is 12.1. The third-order valence-corrected chi connectivity index (χ3v) is 3.10. The molecule has 0 spiro atoms. The first kappa shape index (κ1) is 12.6. The number of carbonyl (C=O) groups excluding carboxylic acids is 1. The third-order valence-electron chi connectivity index (χ3n) is 3.10. The van der Waals surface area contributed by atoms with Crippen LogP contribution in [0.25, 0.3) is 0 Å². The van der Waals surface area contributed by atoms with Gasteiger partial charge in [0.05, 0.1) is 31.4 Å². The van der Waals surface area contributed by atoms with Crippen LogP contribution in [0.1, 0.15) is 33.6 Å². The molecule has 2 bridgehead atoms. The predicted molar refractivity (Wildman–Crippen MR) is 61.7 cm³/mol. The fourth-order valence-corrected chi connectivity index (χ4v) is 2.50. The molecule has 0 unspecified atom stereocenters. The number of aliphatic hydroxyl groups is 1. The Morgan fingerprint density at radius 2 is 1.82 bits per heavy atom.